The number of amides is 2. The van der Waals surface area contributed by atoms with Crippen molar-refractivity contribution in [3.05, 3.63) is 0 Å². The molecular formula is C23H44N2O5. The van der Waals surface area contributed by atoms with E-state index in [1.54, 1.807) is 4.90 Å². The Morgan fingerprint density at radius 3 is 2.23 bits per heavy atom. The Kier molecular flexibility index (Phi) is 11.1. The van der Waals surface area contributed by atoms with Crippen molar-refractivity contribution in [1.29, 1.82) is 0 Å². The fourth-order valence-corrected chi connectivity index (χ4v) is 4.10. The van der Waals surface area contributed by atoms with Gasteiger partial charge < -0.3 is 25.6 Å². The quantitative estimate of drug-likeness (QED) is 0.466. The van der Waals surface area contributed by atoms with Crippen molar-refractivity contribution >= 4 is 12.0 Å². The van der Waals surface area contributed by atoms with Gasteiger partial charge in [-0.05, 0) is 51.9 Å². The van der Waals surface area contributed by atoms with Crippen LogP contribution in [0.4, 0.5) is 4.79 Å². The van der Waals surface area contributed by atoms with E-state index >= 15 is 0 Å². The zero-order chi connectivity index (χ0) is 22.9. The Balaban J connectivity index is 3.13. The van der Waals surface area contributed by atoms with Crippen molar-refractivity contribution in [3.8, 4) is 0 Å². The predicted molar refractivity (Wildman–Crippen MR) is 118 cm³/mol. The lowest BCUT2D eigenvalue weighted by atomic mass is 9.82. The highest BCUT2D eigenvalue weighted by molar-refractivity contribution is 5.76. The van der Waals surface area contributed by atoms with Crippen LogP contribution in [0.5, 0.6) is 0 Å². The van der Waals surface area contributed by atoms with Gasteiger partial charge in [0.05, 0.1) is 24.7 Å². The molecular weight excluding hydrogens is 384 g/mol. The van der Waals surface area contributed by atoms with Crippen LogP contribution < -0.4 is 5.73 Å². The van der Waals surface area contributed by atoms with Gasteiger partial charge in [-0.15, -0.1) is 0 Å². The molecule has 7 nitrogen and oxygen atoms in total. The lowest BCUT2D eigenvalue weighted by Gasteiger charge is -2.39. The molecule has 0 bridgehead atoms. The average molecular weight is 429 g/mol. The molecule has 0 heterocycles. The highest BCUT2D eigenvalue weighted by atomic mass is 16.6. The third-order valence-electron chi connectivity index (χ3n) is 5.87. The molecule has 1 aliphatic carbocycles. The summed E-state index contributed by atoms with van der Waals surface area (Å²) < 4.78 is 5.67. The van der Waals surface area contributed by atoms with Crippen LogP contribution in [0.3, 0.4) is 0 Å². The highest BCUT2D eigenvalue weighted by Crippen LogP contribution is 2.31. The van der Waals surface area contributed by atoms with Crippen LogP contribution in [-0.4, -0.2) is 58.0 Å². The van der Waals surface area contributed by atoms with Gasteiger partial charge in [0, 0.05) is 6.54 Å². The zero-order valence-electron chi connectivity index (χ0n) is 19.6. The van der Waals surface area contributed by atoms with E-state index in [0.29, 0.717) is 24.8 Å². The van der Waals surface area contributed by atoms with Crippen molar-refractivity contribution in [2.24, 2.45) is 23.5 Å². The minimum Gasteiger partial charge on any atom is -0.444 e. The number of nitrogens with zero attached hydrogens (tertiary/aromatic N) is 1. The molecule has 0 aromatic heterocycles. The number of hydrogen-bond donors (Lipinski definition) is 3. The molecule has 30 heavy (non-hydrogen) atoms. The summed E-state index contributed by atoms with van der Waals surface area (Å²) in [5.41, 5.74) is 4.74. The van der Waals surface area contributed by atoms with E-state index in [-0.39, 0.29) is 6.42 Å². The fraction of sp³-hybridized carbons (Fsp3) is 0.913. The van der Waals surface area contributed by atoms with Crippen molar-refractivity contribution in [3.63, 3.8) is 0 Å². The Labute approximate surface area is 182 Å². The normalized spacial score (nSPS) is 18.7. The van der Waals surface area contributed by atoms with Gasteiger partial charge in [-0.2, -0.15) is 0 Å². The van der Waals surface area contributed by atoms with E-state index in [4.69, 9.17) is 10.5 Å². The molecule has 0 saturated heterocycles. The summed E-state index contributed by atoms with van der Waals surface area (Å²) in [6.07, 6.45) is 5.77. The van der Waals surface area contributed by atoms with Gasteiger partial charge in [-0.1, -0.05) is 46.0 Å². The van der Waals surface area contributed by atoms with Gasteiger partial charge in [0.15, 0.2) is 0 Å². The molecule has 2 amide bonds. The number of carbonyl (C=O) groups excluding carboxylic acids is 2. The third-order valence-corrected chi connectivity index (χ3v) is 5.87. The molecule has 0 aliphatic heterocycles. The molecule has 7 heteroatoms. The maximum atomic E-state index is 13.1. The van der Waals surface area contributed by atoms with Gasteiger partial charge in [0.2, 0.25) is 5.91 Å². The molecule has 0 aromatic rings. The van der Waals surface area contributed by atoms with Crippen LogP contribution in [0.15, 0.2) is 0 Å². The number of carbonyl (C=O) groups is 2. The maximum absolute atomic E-state index is 13.1. The average Bonchev–Trinajstić information content (AvgIpc) is 2.64. The lowest BCUT2D eigenvalue weighted by molar-refractivity contribution is -0.124. The van der Waals surface area contributed by atoms with Crippen LogP contribution >= 0.6 is 0 Å². The summed E-state index contributed by atoms with van der Waals surface area (Å²) in [5.74, 6) is -0.667. The van der Waals surface area contributed by atoms with Crippen LogP contribution in [0.1, 0.15) is 86.0 Å². The molecule has 1 aliphatic rings. The van der Waals surface area contributed by atoms with E-state index in [0.717, 1.165) is 32.1 Å². The smallest absolute Gasteiger partial charge is 0.410 e. The van der Waals surface area contributed by atoms with E-state index < -0.39 is 42.3 Å². The predicted octanol–water partition coefficient (Wildman–Crippen LogP) is 3.45. The molecule has 1 unspecified atom stereocenters. The summed E-state index contributed by atoms with van der Waals surface area (Å²) in [5, 5.41) is 20.6. The first kappa shape index (κ1) is 26.7. The topological polar surface area (TPSA) is 113 Å². The first-order valence-electron chi connectivity index (χ1n) is 11.5. The molecule has 3 atom stereocenters. The Bertz CT molecular complexity index is 526. The summed E-state index contributed by atoms with van der Waals surface area (Å²) in [7, 11) is 0. The third kappa shape index (κ3) is 9.65. The number of aliphatic hydroxyl groups excluding tert-OH is 2. The molecule has 0 radical (unpaired) electrons. The molecule has 1 rings (SSSR count). The summed E-state index contributed by atoms with van der Waals surface area (Å²) in [6, 6.07) is -0.477. The molecule has 176 valence electrons. The van der Waals surface area contributed by atoms with Gasteiger partial charge in [0.25, 0.3) is 0 Å². The second-order valence-electron chi connectivity index (χ2n) is 10.2. The molecule has 4 N–H and O–H groups in total. The van der Waals surface area contributed by atoms with Crippen LogP contribution in [-0.2, 0) is 9.53 Å². The molecule has 1 fully saturated rings. The second kappa shape index (κ2) is 12.5. The van der Waals surface area contributed by atoms with E-state index in [1.165, 1.54) is 6.42 Å². The standard InChI is InChI=1S/C23H44N2O5/c1-16(2)11-12-25(22(29)30-23(3,4)5)19(13-17-9-7-6-8-10-17)20(27)14-18(15-26)21(24)28/h16-20,26-27H,6-15H2,1-5H3,(H2,24,28)/t18?,19-,20-/m0/s1. The number of ether oxygens (including phenoxy) is 1. The van der Waals surface area contributed by atoms with Crippen molar-refractivity contribution in [2.45, 2.75) is 104 Å². The van der Waals surface area contributed by atoms with Gasteiger partial charge in [0.1, 0.15) is 5.60 Å². The van der Waals surface area contributed by atoms with Gasteiger partial charge in [-0.25, -0.2) is 4.79 Å². The summed E-state index contributed by atoms with van der Waals surface area (Å²) in [6.45, 7) is 9.72. The first-order valence-corrected chi connectivity index (χ1v) is 11.5. The Morgan fingerprint density at radius 1 is 1.17 bits per heavy atom. The monoisotopic (exact) mass is 428 g/mol. The molecule has 0 aromatic carbocycles. The SMILES string of the molecule is CC(C)CCN(C(=O)OC(C)(C)C)[C@@H](CC1CCCCC1)[C@@H](O)CC(CO)C(N)=O. The largest absolute Gasteiger partial charge is 0.444 e. The number of aliphatic hydroxyl groups is 2. The van der Waals surface area contributed by atoms with Gasteiger partial charge >= 0.3 is 6.09 Å². The lowest BCUT2D eigenvalue weighted by Crippen LogP contribution is -2.51. The van der Waals surface area contributed by atoms with Crippen LogP contribution in [0.25, 0.3) is 0 Å². The number of hydrogen-bond acceptors (Lipinski definition) is 5. The van der Waals surface area contributed by atoms with E-state index in [2.05, 4.69) is 13.8 Å². The minimum atomic E-state index is -0.962. The van der Waals surface area contributed by atoms with Crippen molar-refractivity contribution < 1.29 is 24.5 Å². The molecule has 0 spiro atoms. The Morgan fingerprint density at radius 2 is 1.77 bits per heavy atom. The van der Waals surface area contributed by atoms with Crippen molar-refractivity contribution in [1.82, 2.24) is 4.90 Å². The number of primary amides is 1. The van der Waals surface area contributed by atoms with Gasteiger partial charge in [-0.3, -0.25) is 4.79 Å². The summed E-state index contributed by atoms with van der Waals surface area (Å²) in [4.78, 5) is 26.4. The number of rotatable bonds is 11. The zero-order valence-corrected chi connectivity index (χ0v) is 19.6. The number of nitrogens with two attached hydrogens (primary N) is 1. The highest BCUT2D eigenvalue weighted by Gasteiger charge is 2.36. The van der Waals surface area contributed by atoms with E-state index in [1.807, 2.05) is 20.8 Å². The minimum absolute atomic E-state index is 0.0319. The van der Waals surface area contributed by atoms with Crippen molar-refractivity contribution in [2.75, 3.05) is 13.2 Å². The Hall–Kier alpha value is -1.34. The van der Waals surface area contributed by atoms with Crippen LogP contribution in [0, 0.1) is 17.8 Å². The maximum Gasteiger partial charge on any atom is 0.410 e. The first-order chi connectivity index (χ1) is 13.9. The summed E-state index contributed by atoms with van der Waals surface area (Å²) >= 11 is 0. The van der Waals surface area contributed by atoms with Crippen LogP contribution in [0.2, 0.25) is 0 Å². The second-order valence-corrected chi connectivity index (χ2v) is 10.2. The molecule has 1 saturated carbocycles. The fourth-order valence-electron chi connectivity index (χ4n) is 4.10. The van der Waals surface area contributed by atoms with E-state index in [9.17, 15) is 19.8 Å².